The predicted octanol–water partition coefficient (Wildman–Crippen LogP) is 3.61. The van der Waals surface area contributed by atoms with Crippen molar-refractivity contribution in [3.63, 3.8) is 0 Å². The van der Waals surface area contributed by atoms with Crippen LogP contribution in [0.2, 0.25) is 0 Å². The van der Waals surface area contributed by atoms with E-state index >= 15 is 0 Å². The van der Waals surface area contributed by atoms with Crippen molar-refractivity contribution in [3.05, 3.63) is 58.6 Å². The van der Waals surface area contributed by atoms with Gasteiger partial charge < -0.3 is 4.90 Å². The van der Waals surface area contributed by atoms with Crippen molar-refractivity contribution < 1.29 is 9.69 Å². The van der Waals surface area contributed by atoms with Crippen LogP contribution < -0.4 is 4.90 Å². The fourth-order valence-electron chi connectivity index (χ4n) is 2.40. The zero-order chi connectivity index (χ0) is 15.9. The largest absolute Gasteiger partial charge is 0.340 e. The lowest BCUT2D eigenvalue weighted by Crippen LogP contribution is -3.05. The number of nitrogens with one attached hydrogen (secondary N) is 1. The van der Waals surface area contributed by atoms with Crippen LogP contribution in [0.25, 0.3) is 11.1 Å². The highest BCUT2D eigenvalue weighted by atomic mass is 79.9. The smallest absolute Gasteiger partial charge is 0.162 e. The number of halogens is 1. The number of hydrogen-bond acceptors (Lipinski definition) is 1. The summed E-state index contributed by atoms with van der Waals surface area (Å²) in [7, 11) is 4.28. The van der Waals surface area contributed by atoms with Crippen molar-refractivity contribution in [2.24, 2.45) is 0 Å². The normalized spacial score (nSPS) is 10.9. The number of benzene rings is 2. The average molecular weight is 361 g/mol. The molecule has 0 atom stereocenters. The third-order valence-electron chi connectivity index (χ3n) is 3.72. The molecule has 0 spiro atoms. The molecule has 0 aliphatic heterocycles. The quantitative estimate of drug-likeness (QED) is 0.591. The summed E-state index contributed by atoms with van der Waals surface area (Å²) in [6, 6.07) is 16.1. The van der Waals surface area contributed by atoms with Crippen LogP contribution in [0.4, 0.5) is 0 Å². The van der Waals surface area contributed by atoms with Gasteiger partial charge in [0.15, 0.2) is 5.78 Å². The molecular weight excluding hydrogens is 338 g/mol. The van der Waals surface area contributed by atoms with Crippen LogP contribution in [0.5, 0.6) is 0 Å². The Labute approximate surface area is 141 Å². The maximum absolute atomic E-state index is 12.2. The van der Waals surface area contributed by atoms with E-state index in [9.17, 15) is 4.79 Å². The third-order valence-corrected chi connectivity index (χ3v) is 4.24. The van der Waals surface area contributed by atoms with Gasteiger partial charge in [-0.15, -0.1) is 0 Å². The van der Waals surface area contributed by atoms with Gasteiger partial charge in [0.25, 0.3) is 0 Å². The minimum Gasteiger partial charge on any atom is -0.340 e. The zero-order valence-electron chi connectivity index (χ0n) is 13.2. The summed E-state index contributed by atoms with van der Waals surface area (Å²) in [4.78, 5) is 13.6. The van der Waals surface area contributed by atoms with E-state index in [0.29, 0.717) is 6.42 Å². The van der Waals surface area contributed by atoms with Crippen molar-refractivity contribution >= 4 is 21.7 Å². The van der Waals surface area contributed by atoms with E-state index in [1.807, 2.05) is 36.4 Å². The third kappa shape index (κ3) is 5.08. The van der Waals surface area contributed by atoms with Gasteiger partial charge in [-0.25, -0.2) is 0 Å². The molecule has 0 fully saturated rings. The van der Waals surface area contributed by atoms with Crippen LogP contribution in [-0.4, -0.2) is 26.4 Å². The Kier molecular flexibility index (Phi) is 6.34. The first-order chi connectivity index (χ1) is 10.6. The lowest BCUT2D eigenvalue weighted by Gasteiger charge is -2.07. The van der Waals surface area contributed by atoms with Gasteiger partial charge in [-0.3, -0.25) is 4.79 Å². The highest BCUT2D eigenvalue weighted by Crippen LogP contribution is 2.22. The van der Waals surface area contributed by atoms with Gasteiger partial charge in [0.1, 0.15) is 0 Å². The molecule has 0 aromatic heterocycles. The second-order valence-electron chi connectivity index (χ2n) is 5.92. The first-order valence-electron chi connectivity index (χ1n) is 7.74. The van der Waals surface area contributed by atoms with Crippen LogP contribution in [0.15, 0.2) is 53.0 Å². The van der Waals surface area contributed by atoms with Gasteiger partial charge in [-0.1, -0.05) is 52.3 Å². The van der Waals surface area contributed by atoms with Gasteiger partial charge in [-0.05, 0) is 36.1 Å². The molecule has 0 saturated heterocycles. The average Bonchev–Trinajstić information content (AvgIpc) is 2.52. The fraction of sp³-hybridized carbons (Fsp3) is 0.316. The number of carbonyl (C=O) groups is 1. The second kappa shape index (κ2) is 8.25. The molecule has 1 N–H and O–H groups in total. The van der Waals surface area contributed by atoms with Crippen LogP contribution in [0.1, 0.15) is 29.6 Å². The molecule has 0 aliphatic carbocycles. The number of carbonyl (C=O) groups excluding carboxylic acids is 1. The molecular formula is C19H23BrNO+. The molecule has 0 aliphatic rings. The molecule has 22 heavy (non-hydrogen) atoms. The first-order valence-corrected chi connectivity index (χ1v) is 8.54. The highest BCUT2D eigenvalue weighted by Gasteiger charge is 2.07. The lowest BCUT2D eigenvalue weighted by molar-refractivity contribution is -0.858. The summed E-state index contributed by atoms with van der Waals surface area (Å²) in [6.45, 7) is 1.12. The summed E-state index contributed by atoms with van der Waals surface area (Å²) in [6.07, 6.45) is 2.72. The molecule has 0 bridgehead atoms. The van der Waals surface area contributed by atoms with Crippen molar-refractivity contribution in [2.45, 2.75) is 19.3 Å². The standard InChI is InChI=1S/C19H22BrNO/c1-21(2)14-4-3-5-19(22)17-8-6-15(7-9-17)16-10-12-18(20)13-11-16/h6-13H,3-5,14H2,1-2H3/p+1. The van der Waals surface area contributed by atoms with Crippen molar-refractivity contribution in [1.82, 2.24) is 0 Å². The number of unbranched alkanes of at least 4 members (excludes halogenated alkanes) is 1. The molecule has 2 aromatic carbocycles. The van der Waals surface area contributed by atoms with E-state index in [1.165, 1.54) is 4.90 Å². The Morgan fingerprint density at radius 1 is 0.909 bits per heavy atom. The minimum absolute atomic E-state index is 0.246. The Balaban J connectivity index is 1.93. The fourth-order valence-corrected chi connectivity index (χ4v) is 2.66. The van der Waals surface area contributed by atoms with Gasteiger partial charge in [0.2, 0.25) is 0 Å². The molecule has 0 saturated carbocycles. The second-order valence-corrected chi connectivity index (χ2v) is 6.84. The summed E-state index contributed by atoms with van der Waals surface area (Å²) < 4.78 is 1.07. The molecule has 0 unspecified atom stereocenters. The highest BCUT2D eigenvalue weighted by molar-refractivity contribution is 9.10. The van der Waals surface area contributed by atoms with E-state index in [2.05, 4.69) is 42.2 Å². The van der Waals surface area contributed by atoms with Crippen LogP contribution in [-0.2, 0) is 0 Å². The monoisotopic (exact) mass is 360 g/mol. The lowest BCUT2D eigenvalue weighted by atomic mass is 10.0. The molecule has 116 valence electrons. The van der Waals surface area contributed by atoms with Crippen LogP contribution in [0, 0.1) is 0 Å². The maximum Gasteiger partial charge on any atom is 0.162 e. The SMILES string of the molecule is C[NH+](C)CCCCC(=O)c1ccc(-c2ccc(Br)cc2)cc1. The molecule has 0 heterocycles. The number of quaternary nitrogens is 1. The Morgan fingerprint density at radius 3 is 2.00 bits per heavy atom. The topological polar surface area (TPSA) is 21.5 Å². The van der Waals surface area contributed by atoms with E-state index in [1.54, 1.807) is 0 Å². The van der Waals surface area contributed by atoms with E-state index in [0.717, 1.165) is 40.5 Å². The van der Waals surface area contributed by atoms with Crippen molar-refractivity contribution in [3.8, 4) is 11.1 Å². The van der Waals surface area contributed by atoms with Gasteiger partial charge in [-0.2, -0.15) is 0 Å². The Bertz CT molecular complexity index is 602. The number of hydrogen-bond donors (Lipinski definition) is 1. The molecule has 0 radical (unpaired) electrons. The molecule has 2 nitrogen and oxygen atoms in total. The molecule has 2 aromatic rings. The molecule has 0 amide bonds. The zero-order valence-corrected chi connectivity index (χ0v) is 14.8. The maximum atomic E-state index is 12.2. The van der Waals surface area contributed by atoms with Gasteiger partial charge in [0.05, 0.1) is 20.6 Å². The number of rotatable bonds is 7. The van der Waals surface area contributed by atoms with Crippen LogP contribution >= 0.6 is 15.9 Å². The van der Waals surface area contributed by atoms with Crippen molar-refractivity contribution in [2.75, 3.05) is 20.6 Å². The summed E-state index contributed by atoms with van der Waals surface area (Å²) in [5.41, 5.74) is 3.12. The van der Waals surface area contributed by atoms with Gasteiger partial charge >= 0.3 is 0 Å². The predicted molar refractivity (Wildman–Crippen MR) is 95.4 cm³/mol. The van der Waals surface area contributed by atoms with E-state index in [-0.39, 0.29) is 5.78 Å². The summed E-state index contributed by atoms with van der Waals surface area (Å²) in [5.74, 6) is 0.246. The first kappa shape index (κ1) is 16.9. The Hall–Kier alpha value is -1.45. The summed E-state index contributed by atoms with van der Waals surface area (Å²) in [5, 5.41) is 0. The Morgan fingerprint density at radius 2 is 1.45 bits per heavy atom. The van der Waals surface area contributed by atoms with Gasteiger partial charge in [0, 0.05) is 16.5 Å². The number of ketones is 1. The molecule has 2 rings (SSSR count). The summed E-state index contributed by atoms with van der Waals surface area (Å²) >= 11 is 3.44. The number of Topliss-reactive ketones (excluding diaryl/α,β-unsaturated/α-hetero) is 1. The van der Waals surface area contributed by atoms with E-state index in [4.69, 9.17) is 0 Å². The molecule has 3 heteroatoms. The minimum atomic E-state index is 0.246. The van der Waals surface area contributed by atoms with Crippen molar-refractivity contribution in [1.29, 1.82) is 0 Å². The van der Waals surface area contributed by atoms with E-state index < -0.39 is 0 Å². The van der Waals surface area contributed by atoms with Crippen LogP contribution in [0.3, 0.4) is 0 Å².